The number of carbonyl (C=O) groups excluding carboxylic acids is 1. The van der Waals surface area contributed by atoms with Crippen molar-refractivity contribution in [3.8, 4) is 0 Å². The Kier molecular flexibility index (Phi) is 8.29. The summed E-state index contributed by atoms with van der Waals surface area (Å²) in [5.41, 5.74) is 0.970. The fourth-order valence-corrected chi connectivity index (χ4v) is 6.42. The maximum atomic E-state index is 12.8. The van der Waals surface area contributed by atoms with Crippen LogP contribution in [0.2, 0.25) is 0 Å². The van der Waals surface area contributed by atoms with Crippen molar-refractivity contribution in [3.05, 3.63) is 50.6 Å². The Hall–Kier alpha value is -1.22. The molecule has 0 spiro atoms. The topological polar surface area (TPSA) is 66.5 Å². The average Bonchev–Trinajstić information content (AvgIpc) is 2.95. The third-order valence-corrected chi connectivity index (χ3v) is 8.69. The lowest BCUT2D eigenvalue weighted by atomic mass is 10.1. The van der Waals surface area contributed by atoms with Crippen LogP contribution in [0.15, 0.2) is 45.1 Å². The molecule has 2 aromatic rings. The summed E-state index contributed by atoms with van der Waals surface area (Å²) in [7, 11) is -3.42. The van der Waals surface area contributed by atoms with Crippen LogP contribution in [-0.2, 0) is 27.7 Å². The average molecular weight is 499 g/mol. The summed E-state index contributed by atoms with van der Waals surface area (Å²) in [5, 5.41) is 2.95. The van der Waals surface area contributed by atoms with Crippen LogP contribution in [0.5, 0.6) is 0 Å². The van der Waals surface area contributed by atoms with Gasteiger partial charge in [-0.05, 0) is 71.4 Å². The van der Waals surface area contributed by atoms with Gasteiger partial charge in [0.1, 0.15) is 0 Å². The van der Waals surface area contributed by atoms with Gasteiger partial charge in [-0.25, -0.2) is 8.42 Å². The van der Waals surface area contributed by atoms with Gasteiger partial charge in [0.05, 0.1) is 8.68 Å². The largest absolute Gasteiger partial charge is 0.356 e. The van der Waals surface area contributed by atoms with Crippen LogP contribution in [0.4, 0.5) is 0 Å². The van der Waals surface area contributed by atoms with E-state index < -0.39 is 10.0 Å². The van der Waals surface area contributed by atoms with Gasteiger partial charge in [0.15, 0.2) is 0 Å². The second-order valence-electron chi connectivity index (χ2n) is 7.27. The highest BCUT2D eigenvalue weighted by molar-refractivity contribution is 9.11. The van der Waals surface area contributed by atoms with Gasteiger partial charge in [0, 0.05) is 30.9 Å². The van der Waals surface area contributed by atoms with E-state index in [-0.39, 0.29) is 5.91 Å². The fourth-order valence-electron chi connectivity index (χ4n) is 3.42. The summed E-state index contributed by atoms with van der Waals surface area (Å²) in [6, 6.07) is 11.0. The third kappa shape index (κ3) is 6.64. The van der Waals surface area contributed by atoms with E-state index in [2.05, 4.69) is 27.3 Å². The number of aryl methyl sites for hydroxylation is 1. The first-order chi connectivity index (χ1) is 13.9. The Balaban J connectivity index is 1.46. The van der Waals surface area contributed by atoms with Crippen molar-refractivity contribution < 1.29 is 13.2 Å². The van der Waals surface area contributed by atoms with Crippen molar-refractivity contribution in [3.63, 3.8) is 0 Å². The van der Waals surface area contributed by atoms with Crippen LogP contribution >= 0.6 is 27.3 Å². The first-order valence-corrected chi connectivity index (χ1v) is 13.1. The number of hydrogen-bond acceptors (Lipinski definition) is 4. The lowest BCUT2D eigenvalue weighted by molar-refractivity contribution is -0.121. The molecule has 0 saturated carbocycles. The zero-order valence-corrected chi connectivity index (χ0v) is 19.6. The van der Waals surface area contributed by atoms with Gasteiger partial charge in [0.25, 0.3) is 0 Å². The van der Waals surface area contributed by atoms with E-state index in [1.54, 1.807) is 27.8 Å². The maximum absolute atomic E-state index is 12.8. The lowest BCUT2D eigenvalue weighted by Gasteiger charge is -2.20. The lowest BCUT2D eigenvalue weighted by Crippen LogP contribution is -2.31. The van der Waals surface area contributed by atoms with Crippen molar-refractivity contribution in [1.29, 1.82) is 0 Å². The number of sulfonamides is 1. The standard InChI is InChI=1S/C21H27BrN2O3S2/c22-20-11-8-18(28-20)13-14-23-21(25)12-7-17-5-9-19(10-6-17)29(26,27)24-15-3-1-2-4-16-24/h5-6,8-11H,1-4,7,12-16H2,(H,23,25). The second-order valence-corrected chi connectivity index (χ2v) is 11.8. The monoisotopic (exact) mass is 498 g/mol. The van der Waals surface area contributed by atoms with Crippen LogP contribution in [-0.4, -0.2) is 38.3 Å². The van der Waals surface area contributed by atoms with E-state index in [0.717, 1.165) is 41.5 Å². The van der Waals surface area contributed by atoms with E-state index >= 15 is 0 Å². The first kappa shape index (κ1) is 22.5. The van der Waals surface area contributed by atoms with E-state index in [1.807, 2.05) is 18.2 Å². The summed E-state index contributed by atoms with van der Waals surface area (Å²) in [5.74, 6) is 0.0156. The van der Waals surface area contributed by atoms with E-state index in [4.69, 9.17) is 0 Å². The number of thiophene rings is 1. The molecule has 1 aromatic heterocycles. The highest BCUT2D eigenvalue weighted by Gasteiger charge is 2.24. The molecular formula is C21H27BrN2O3S2. The number of rotatable bonds is 8. The molecule has 0 aliphatic carbocycles. The number of hydrogen-bond donors (Lipinski definition) is 1. The SMILES string of the molecule is O=C(CCc1ccc(S(=O)(=O)N2CCCCCC2)cc1)NCCc1ccc(Br)s1. The number of halogens is 1. The van der Waals surface area contributed by atoms with Crippen molar-refractivity contribution in [2.75, 3.05) is 19.6 Å². The van der Waals surface area contributed by atoms with Gasteiger partial charge in [-0.2, -0.15) is 4.31 Å². The third-order valence-electron chi connectivity index (χ3n) is 5.09. The predicted octanol–water partition coefficient (Wildman–Crippen LogP) is 4.37. The molecule has 8 heteroatoms. The van der Waals surface area contributed by atoms with Gasteiger partial charge in [-0.3, -0.25) is 4.79 Å². The molecule has 1 fully saturated rings. The highest BCUT2D eigenvalue weighted by atomic mass is 79.9. The molecule has 3 rings (SSSR count). The number of benzene rings is 1. The highest BCUT2D eigenvalue weighted by Crippen LogP contribution is 2.22. The molecule has 1 aliphatic heterocycles. The Labute approximate surface area is 185 Å². The van der Waals surface area contributed by atoms with E-state index in [9.17, 15) is 13.2 Å². The normalized spacial score (nSPS) is 15.8. The maximum Gasteiger partial charge on any atom is 0.243 e. The smallest absolute Gasteiger partial charge is 0.243 e. The summed E-state index contributed by atoms with van der Waals surface area (Å²) < 4.78 is 28.3. The van der Waals surface area contributed by atoms with Gasteiger partial charge >= 0.3 is 0 Å². The summed E-state index contributed by atoms with van der Waals surface area (Å²) >= 11 is 5.11. The molecule has 1 aromatic carbocycles. The van der Waals surface area contributed by atoms with Crippen LogP contribution < -0.4 is 5.32 Å². The second kappa shape index (κ2) is 10.7. The van der Waals surface area contributed by atoms with Crippen LogP contribution in [0.25, 0.3) is 0 Å². The molecule has 1 saturated heterocycles. The Bertz CT molecular complexity index is 902. The molecule has 0 atom stereocenters. The number of nitrogens with one attached hydrogen (secondary N) is 1. The van der Waals surface area contributed by atoms with Crippen molar-refractivity contribution >= 4 is 43.2 Å². The molecule has 29 heavy (non-hydrogen) atoms. The predicted molar refractivity (Wildman–Crippen MR) is 121 cm³/mol. The van der Waals surface area contributed by atoms with Crippen LogP contribution in [0.1, 0.15) is 42.5 Å². The van der Waals surface area contributed by atoms with Crippen LogP contribution in [0, 0.1) is 0 Å². The first-order valence-electron chi connectivity index (χ1n) is 10.1. The van der Waals surface area contributed by atoms with Crippen molar-refractivity contribution in [2.24, 2.45) is 0 Å². The Morgan fingerprint density at radius 2 is 1.69 bits per heavy atom. The zero-order chi connectivity index (χ0) is 20.7. The van der Waals surface area contributed by atoms with E-state index in [1.165, 1.54) is 4.88 Å². The summed E-state index contributed by atoms with van der Waals surface area (Å²) in [4.78, 5) is 13.6. The summed E-state index contributed by atoms with van der Waals surface area (Å²) in [6.45, 7) is 1.83. The molecule has 1 amide bonds. The molecule has 2 heterocycles. The molecular weight excluding hydrogens is 472 g/mol. The minimum absolute atomic E-state index is 0.0156. The van der Waals surface area contributed by atoms with Crippen molar-refractivity contribution in [2.45, 2.75) is 49.8 Å². The molecule has 0 unspecified atom stereocenters. The minimum atomic E-state index is -3.42. The van der Waals surface area contributed by atoms with Gasteiger partial charge in [-0.15, -0.1) is 11.3 Å². The zero-order valence-electron chi connectivity index (χ0n) is 16.4. The molecule has 1 N–H and O–H groups in total. The molecule has 158 valence electrons. The molecule has 0 bridgehead atoms. The van der Waals surface area contributed by atoms with Gasteiger partial charge in [-0.1, -0.05) is 25.0 Å². The van der Waals surface area contributed by atoms with E-state index in [0.29, 0.717) is 37.4 Å². The van der Waals surface area contributed by atoms with Crippen molar-refractivity contribution in [1.82, 2.24) is 9.62 Å². The Morgan fingerprint density at radius 3 is 2.31 bits per heavy atom. The number of amides is 1. The van der Waals surface area contributed by atoms with Gasteiger partial charge in [0.2, 0.25) is 15.9 Å². The molecule has 0 radical (unpaired) electrons. The van der Waals surface area contributed by atoms with Crippen LogP contribution in [0.3, 0.4) is 0 Å². The Morgan fingerprint density at radius 1 is 1.00 bits per heavy atom. The fraction of sp³-hybridized carbons (Fsp3) is 0.476. The summed E-state index contributed by atoms with van der Waals surface area (Å²) in [6.07, 6.45) is 5.86. The molecule has 1 aliphatic rings. The minimum Gasteiger partial charge on any atom is -0.356 e. The number of carbonyl (C=O) groups is 1. The molecule has 5 nitrogen and oxygen atoms in total. The number of nitrogens with zero attached hydrogens (tertiary/aromatic N) is 1. The van der Waals surface area contributed by atoms with Gasteiger partial charge < -0.3 is 5.32 Å². The quantitative estimate of drug-likeness (QED) is 0.587.